The summed E-state index contributed by atoms with van der Waals surface area (Å²) in [5.74, 6) is -0.271. The molecule has 44 heavy (non-hydrogen) atoms. The molecule has 16 heteroatoms. The fraction of sp³-hybridized carbons (Fsp3) is 0.964. The van der Waals surface area contributed by atoms with E-state index in [9.17, 15) is 13.2 Å². The van der Waals surface area contributed by atoms with Crippen LogP contribution in [0.3, 0.4) is 0 Å². The summed E-state index contributed by atoms with van der Waals surface area (Å²) in [6, 6.07) is 0. The Bertz CT molecular complexity index is 731. The third-order valence-corrected chi connectivity index (χ3v) is 5.34. The third-order valence-electron chi connectivity index (χ3n) is 4.74. The Morgan fingerprint density at radius 1 is 0.432 bits per heavy atom. The quantitative estimate of drug-likeness (QED) is 0.0541. The van der Waals surface area contributed by atoms with Crippen LogP contribution in [0.15, 0.2) is 0 Å². The maximum absolute atomic E-state index is 11.5. The number of hydrogen-bond donors (Lipinski definition) is 0. The van der Waals surface area contributed by atoms with Crippen LogP contribution < -0.4 is 0 Å². The van der Waals surface area contributed by atoms with Gasteiger partial charge >= 0.3 is 5.97 Å². The molecule has 0 heterocycles. The smallest absolute Gasteiger partial charge is 0.308 e. The van der Waals surface area contributed by atoms with E-state index in [0.29, 0.717) is 126 Å². The van der Waals surface area contributed by atoms with Crippen molar-refractivity contribution in [2.45, 2.75) is 32.8 Å². The highest BCUT2D eigenvalue weighted by Gasteiger charge is 2.15. The molecule has 0 aliphatic carbocycles. The van der Waals surface area contributed by atoms with E-state index < -0.39 is 15.7 Å². The number of hydrogen-bond acceptors (Lipinski definition) is 15. The van der Waals surface area contributed by atoms with Crippen LogP contribution in [-0.4, -0.2) is 165 Å². The predicted octanol–water partition coefficient (Wildman–Crippen LogP) is 0.860. The lowest BCUT2D eigenvalue weighted by atomic mass is 10.2. The third kappa shape index (κ3) is 39.0. The van der Waals surface area contributed by atoms with E-state index in [4.69, 9.17) is 52.1 Å². The van der Waals surface area contributed by atoms with Crippen molar-refractivity contribution in [1.29, 1.82) is 0 Å². The lowest BCUT2D eigenvalue weighted by molar-refractivity contribution is -0.156. The summed E-state index contributed by atoms with van der Waals surface area (Å²) in [7, 11) is -3.43. The number of rotatable bonds is 34. The molecule has 0 aliphatic rings. The molecule has 0 rings (SSSR count). The summed E-state index contributed by atoms with van der Waals surface area (Å²) in [5.41, 5.74) is -0.479. The first kappa shape index (κ1) is 43.0. The minimum atomic E-state index is -3.43. The number of esters is 1. The first-order valence-electron chi connectivity index (χ1n) is 14.9. The van der Waals surface area contributed by atoms with Crippen LogP contribution in [0.1, 0.15) is 27.2 Å². The van der Waals surface area contributed by atoms with Crippen LogP contribution in [0.4, 0.5) is 0 Å². The molecule has 0 radical (unpaired) electrons. The van der Waals surface area contributed by atoms with Crippen molar-refractivity contribution in [3.05, 3.63) is 0 Å². The second-order valence-corrected chi connectivity index (χ2v) is 11.6. The first-order chi connectivity index (χ1) is 21.1. The summed E-state index contributed by atoms with van der Waals surface area (Å²) in [5, 5.41) is 0. The first-order valence-corrected chi connectivity index (χ1v) is 16.8. The zero-order valence-corrected chi connectivity index (χ0v) is 27.9. The van der Waals surface area contributed by atoms with E-state index in [-0.39, 0.29) is 25.6 Å². The number of ether oxygens (including phenoxy) is 11. The van der Waals surface area contributed by atoms with Gasteiger partial charge in [0.1, 0.15) is 5.60 Å². The molecular formula is C28H56O15S. The molecule has 0 bridgehead atoms. The average Bonchev–Trinajstić information content (AvgIpc) is 2.94. The summed E-state index contributed by atoms with van der Waals surface area (Å²) >= 11 is 0. The Morgan fingerprint density at radius 2 is 0.659 bits per heavy atom. The Kier molecular flexibility index (Phi) is 29.9. The van der Waals surface area contributed by atoms with Crippen molar-refractivity contribution in [3.63, 3.8) is 0 Å². The molecule has 0 unspecified atom stereocenters. The summed E-state index contributed by atoms with van der Waals surface area (Å²) in [6.45, 7) is 14.1. The molecule has 0 aromatic carbocycles. The highest BCUT2D eigenvalue weighted by Crippen LogP contribution is 2.08. The van der Waals surface area contributed by atoms with Gasteiger partial charge in [0.05, 0.1) is 151 Å². The minimum absolute atomic E-state index is 0.00592. The predicted molar refractivity (Wildman–Crippen MR) is 159 cm³/mol. The molecule has 0 fully saturated rings. The van der Waals surface area contributed by atoms with E-state index in [1.807, 2.05) is 20.8 Å². The summed E-state index contributed by atoms with van der Waals surface area (Å²) in [4.78, 5) is 11.5. The van der Waals surface area contributed by atoms with Gasteiger partial charge in [-0.05, 0) is 20.8 Å². The second-order valence-electron chi connectivity index (χ2n) is 9.99. The van der Waals surface area contributed by atoms with E-state index in [1.54, 1.807) is 0 Å². The van der Waals surface area contributed by atoms with Gasteiger partial charge < -0.3 is 52.1 Å². The number of carbonyl (C=O) groups excluding carboxylic acids is 1. The Hall–Kier alpha value is -1.02. The molecule has 0 spiro atoms. The van der Waals surface area contributed by atoms with Crippen LogP contribution in [-0.2, 0) is 71.2 Å². The van der Waals surface area contributed by atoms with Gasteiger partial charge in [0.2, 0.25) is 0 Å². The molecular weight excluding hydrogens is 608 g/mol. The van der Waals surface area contributed by atoms with E-state index >= 15 is 0 Å². The topological polar surface area (TPSA) is 162 Å². The van der Waals surface area contributed by atoms with Crippen molar-refractivity contribution in [2.75, 3.05) is 145 Å². The molecule has 0 aliphatic heterocycles. The Balaban J connectivity index is 3.12. The van der Waals surface area contributed by atoms with Crippen LogP contribution >= 0.6 is 0 Å². The normalized spacial score (nSPS) is 12.2. The monoisotopic (exact) mass is 664 g/mol. The van der Waals surface area contributed by atoms with Crippen LogP contribution in [0.2, 0.25) is 0 Å². The molecule has 15 nitrogen and oxygen atoms in total. The molecule has 0 saturated carbocycles. The highest BCUT2D eigenvalue weighted by molar-refractivity contribution is 7.85. The molecule has 0 aromatic heterocycles. The van der Waals surface area contributed by atoms with Crippen molar-refractivity contribution in [2.24, 2.45) is 0 Å². The van der Waals surface area contributed by atoms with Gasteiger partial charge in [-0.3, -0.25) is 8.98 Å². The molecule has 0 aromatic rings. The Labute approximate surface area is 263 Å². The summed E-state index contributed by atoms with van der Waals surface area (Å²) < 4.78 is 85.2. The average molecular weight is 665 g/mol. The van der Waals surface area contributed by atoms with Crippen LogP contribution in [0.5, 0.6) is 0 Å². The van der Waals surface area contributed by atoms with E-state index in [0.717, 1.165) is 6.26 Å². The SMILES string of the molecule is CC(C)(C)OC(=O)CCOCCOCCOCCOCCOCCOCCOCCOCCOCCOCCOS(C)(=O)=O. The van der Waals surface area contributed by atoms with Crippen molar-refractivity contribution in [3.8, 4) is 0 Å². The summed E-state index contributed by atoms with van der Waals surface area (Å²) in [6.07, 6.45) is 1.22. The zero-order valence-electron chi connectivity index (χ0n) is 27.1. The lowest BCUT2D eigenvalue weighted by Crippen LogP contribution is -2.24. The zero-order chi connectivity index (χ0) is 32.6. The van der Waals surface area contributed by atoms with Crippen LogP contribution in [0, 0.1) is 0 Å². The van der Waals surface area contributed by atoms with Crippen molar-refractivity contribution >= 4 is 16.1 Å². The standard InChI is InChI=1S/C28H56O15S/c1-28(2,3)43-27(29)5-6-32-7-8-33-9-10-34-11-12-35-13-14-36-15-16-37-17-18-38-19-20-39-21-22-40-23-24-41-25-26-42-44(4,30)31/h5-26H2,1-4H3. The van der Waals surface area contributed by atoms with Gasteiger partial charge in [-0.1, -0.05) is 0 Å². The largest absolute Gasteiger partial charge is 0.460 e. The van der Waals surface area contributed by atoms with Gasteiger partial charge in [0, 0.05) is 0 Å². The molecule has 0 saturated heterocycles. The Morgan fingerprint density at radius 3 is 0.886 bits per heavy atom. The van der Waals surface area contributed by atoms with Crippen molar-refractivity contribution in [1.82, 2.24) is 0 Å². The number of carbonyl (C=O) groups is 1. The van der Waals surface area contributed by atoms with E-state index in [2.05, 4.69) is 4.18 Å². The second kappa shape index (κ2) is 30.6. The molecule has 0 N–H and O–H groups in total. The highest BCUT2D eigenvalue weighted by atomic mass is 32.2. The fourth-order valence-electron chi connectivity index (χ4n) is 2.87. The minimum Gasteiger partial charge on any atom is -0.460 e. The molecule has 0 atom stereocenters. The van der Waals surface area contributed by atoms with E-state index in [1.165, 1.54) is 0 Å². The van der Waals surface area contributed by atoms with Gasteiger partial charge in [-0.15, -0.1) is 0 Å². The molecule has 0 amide bonds. The van der Waals surface area contributed by atoms with Crippen molar-refractivity contribution < 1.29 is 69.5 Å². The maximum atomic E-state index is 11.5. The lowest BCUT2D eigenvalue weighted by Gasteiger charge is -2.19. The van der Waals surface area contributed by atoms with Gasteiger partial charge in [-0.2, -0.15) is 8.42 Å². The van der Waals surface area contributed by atoms with Gasteiger partial charge in [-0.25, -0.2) is 0 Å². The molecule has 264 valence electrons. The van der Waals surface area contributed by atoms with Crippen LogP contribution in [0.25, 0.3) is 0 Å². The fourth-order valence-corrected chi connectivity index (χ4v) is 3.24. The van der Waals surface area contributed by atoms with Gasteiger partial charge in [0.25, 0.3) is 10.1 Å². The maximum Gasteiger partial charge on any atom is 0.308 e. The van der Waals surface area contributed by atoms with Gasteiger partial charge in [0.15, 0.2) is 0 Å².